The Bertz CT molecular complexity index is 1440. The van der Waals surface area contributed by atoms with E-state index in [4.69, 9.17) is 4.74 Å². The zero-order valence-electron chi connectivity index (χ0n) is 20.0. The quantitative estimate of drug-likeness (QED) is 0.313. The molecule has 4 atom stereocenters. The summed E-state index contributed by atoms with van der Waals surface area (Å²) in [6.07, 6.45) is 0.265. The molecule has 0 aliphatic carbocycles. The van der Waals surface area contributed by atoms with E-state index in [0.717, 1.165) is 5.56 Å². The van der Waals surface area contributed by atoms with E-state index in [2.05, 4.69) is 10.6 Å². The summed E-state index contributed by atoms with van der Waals surface area (Å²) >= 11 is 0. The monoisotopic (exact) mass is 499 g/mol. The Hall–Kier alpha value is -4.37. The topological polar surface area (TPSA) is 128 Å². The summed E-state index contributed by atoms with van der Waals surface area (Å²) < 4.78 is 5.20. The molecule has 0 bridgehead atoms. The minimum absolute atomic E-state index is 0.0841. The van der Waals surface area contributed by atoms with Crippen molar-refractivity contribution < 1.29 is 29.3 Å². The van der Waals surface area contributed by atoms with Gasteiger partial charge in [-0.15, -0.1) is 0 Å². The molecule has 3 aromatic rings. The minimum atomic E-state index is -1.40. The van der Waals surface area contributed by atoms with Crippen molar-refractivity contribution in [2.75, 3.05) is 12.4 Å². The molecule has 37 heavy (non-hydrogen) atoms. The smallest absolute Gasteiger partial charge is 0.250 e. The lowest BCUT2D eigenvalue weighted by Gasteiger charge is -2.29. The number of hydrogen-bond acceptors (Lipinski definition) is 7. The standard InChI is InChI=1S/C28H25N3O6/c1-37-17-9-6-15(7-10-17)14-31-25(34)23-20(12-16-8-11-21(32)22(33)13-16)30-28(24(23)26(31)35)18-4-2-3-5-19(18)29-27(28)36/h2-11,13,20,23-24,30,32-33H,12,14H2,1H3,(H,29,36)/t20-,23-,24-,28-/m0/s1. The molecule has 3 amide bonds. The number of nitrogens with zero attached hydrogens (tertiary/aromatic N) is 1. The number of phenols is 2. The Morgan fingerprint density at radius 1 is 0.919 bits per heavy atom. The first-order valence-electron chi connectivity index (χ1n) is 12.0. The molecule has 2 fully saturated rings. The van der Waals surface area contributed by atoms with Crippen LogP contribution < -0.4 is 15.4 Å². The molecule has 2 saturated heterocycles. The fourth-order valence-corrected chi connectivity index (χ4v) is 6.01. The number of benzene rings is 3. The van der Waals surface area contributed by atoms with Crippen LogP contribution in [0.15, 0.2) is 66.7 Å². The van der Waals surface area contributed by atoms with E-state index in [1.165, 1.54) is 17.0 Å². The predicted octanol–water partition coefficient (Wildman–Crippen LogP) is 2.27. The lowest BCUT2D eigenvalue weighted by atomic mass is 9.76. The van der Waals surface area contributed by atoms with Crippen molar-refractivity contribution in [1.29, 1.82) is 0 Å². The number of ether oxygens (including phenoxy) is 1. The van der Waals surface area contributed by atoms with Crippen molar-refractivity contribution in [3.8, 4) is 17.2 Å². The van der Waals surface area contributed by atoms with Crippen LogP contribution in [-0.4, -0.2) is 46.0 Å². The van der Waals surface area contributed by atoms with Gasteiger partial charge in [0.05, 0.1) is 25.5 Å². The van der Waals surface area contributed by atoms with Crippen molar-refractivity contribution in [3.63, 3.8) is 0 Å². The molecule has 0 radical (unpaired) electrons. The third-order valence-corrected chi connectivity index (χ3v) is 7.71. The largest absolute Gasteiger partial charge is 0.504 e. The first-order valence-corrected chi connectivity index (χ1v) is 12.0. The molecule has 3 aliphatic heterocycles. The van der Waals surface area contributed by atoms with E-state index >= 15 is 0 Å². The summed E-state index contributed by atoms with van der Waals surface area (Å²) in [5.41, 5.74) is 1.27. The maximum atomic E-state index is 13.9. The summed E-state index contributed by atoms with van der Waals surface area (Å²) in [7, 11) is 1.56. The van der Waals surface area contributed by atoms with Gasteiger partial charge in [-0.25, -0.2) is 0 Å². The van der Waals surface area contributed by atoms with Crippen LogP contribution in [0.3, 0.4) is 0 Å². The third-order valence-electron chi connectivity index (χ3n) is 7.71. The molecule has 0 aromatic heterocycles. The second-order valence-electron chi connectivity index (χ2n) is 9.70. The van der Waals surface area contributed by atoms with Gasteiger partial charge >= 0.3 is 0 Å². The maximum Gasteiger partial charge on any atom is 0.250 e. The Kier molecular flexibility index (Phi) is 5.20. The van der Waals surface area contributed by atoms with E-state index in [9.17, 15) is 24.6 Å². The van der Waals surface area contributed by atoms with Gasteiger partial charge in [0, 0.05) is 17.3 Å². The van der Waals surface area contributed by atoms with Gasteiger partial charge in [0.25, 0.3) is 0 Å². The molecule has 4 N–H and O–H groups in total. The maximum absolute atomic E-state index is 13.9. The number of hydrogen-bond donors (Lipinski definition) is 4. The van der Waals surface area contributed by atoms with Crippen LogP contribution in [0.5, 0.6) is 17.2 Å². The Morgan fingerprint density at radius 2 is 1.65 bits per heavy atom. The first-order chi connectivity index (χ1) is 17.8. The van der Waals surface area contributed by atoms with Crippen LogP contribution in [0, 0.1) is 11.8 Å². The Labute approximate surface area is 212 Å². The van der Waals surface area contributed by atoms with Crippen LogP contribution in [0.4, 0.5) is 5.69 Å². The molecule has 9 heteroatoms. The zero-order chi connectivity index (χ0) is 25.9. The van der Waals surface area contributed by atoms with Crippen LogP contribution in [0.2, 0.25) is 0 Å². The molecular formula is C28H25N3O6. The summed E-state index contributed by atoms with van der Waals surface area (Å²) in [4.78, 5) is 42.5. The predicted molar refractivity (Wildman–Crippen MR) is 133 cm³/mol. The number of carbonyl (C=O) groups is 3. The average molecular weight is 500 g/mol. The van der Waals surface area contributed by atoms with Crippen LogP contribution >= 0.6 is 0 Å². The van der Waals surface area contributed by atoms with Crippen LogP contribution in [0.25, 0.3) is 0 Å². The second-order valence-corrected chi connectivity index (χ2v) is 9.70. The van der Waals surface area contributed by atoms with Gasteiger partial charge in [-0.2, -0.15) is 0 Å². The molecule has 3 aromatic carbocycles. The highest BCUT2D eigenvalue weighted by molar-refractivity contribution is 6.15. The minimum Gasteiger partial charge on any atom is -0.504 e. The van der Waals surface area contributed by atoms with Gasteiger partial charge in [0.1, 0.15) is 11.3 Å². The fourth-order valence-electron chi connectivity index (χ4n) is 6.01. The van der Waals surface area contributed by atoms with Gasteiger partial charge in [0.15, 0.2) is 11.5 Å². The summed E-state index contributed by atoms with van der Waals surface area (Å²) in [6.45, 7) is 0.0841. The first kappa shape index (κ1) is 23.1. The number of fused-ring (bicyclic) bond motifs is 4. The van der Waals surface area contributed by atoms with Gasteiger partial charge in [-0.05, 0) is 47.9 Å². The second kappa shape index (κ2) is 8.35. The number of imide groups is 1. The highest BCUT2D eigenvalue weighted by atomic mass is 16.5. The van der Waals surface area contributed by atoms with Crippen molar-refractivity contribution in [2.24, 2.45) is 11.8 Å². The number of anilines is 1. The molecule has 188 valence electrons. The molecule has 3 heterocycles. The number of phenolic OH excluding ortho intramolecular Hbond substituents is 2. The number of rotatable bonds is 5. The van der Waals surface area contributed by atoms with Gasteiger partial charge < -0.3 is 20.3 Å². The SMILES string of the molecule is COc1ccc(CN2C(=O)[C@H]3[C@H](Cc4ccc(O)c(O)c4)N[C@]4(C(=O)Nc5ccccc54)[C@@H]3C2=O)cc1. The highest BCUT2D eigenvalue weighted by Gasteiger charge is 2.70. The lowest BCUT2D eigenvalue weighted by molar-refractivity contribution is -0.143. The molecule has 3 aliphatic rings. The van der Waals surface area contributed by atoms with Crippen molar-refractivity contribution in [2.45, 2.75) is 24.5 Å². The van der Waals surface area contributed by atoms with E-state index < -0.39 is 29.3 Å². The van der Waals surface area contributed by atoms with E-state index in [-0.39, 0.29) is 36.3 Å². The van der Waals surface area contributed by atoms with E-state index in [0.29, 0.717) is 22.6 Å². The van der Waals surface area contributed by atoms with Crippen LogP contribution in [-0.2, 0) is 32.9 Å². The number of methoxy groups -OCH3 is 1. The van der Waals surface area contributed by atoms with E-state index in [1.54, 1.807) is 61.7 Å². The van der Waals surface area contributed by atoms with Gasteiger partial charge in [-0.3, -0.25) is 24.6 Å². The summed E-state index contributed by atoms with van der Waals surface area (Å²) in [5.74, 6) is -2.70. The number of para-hydroxylation sites is 1. The fraction of sp³-hybridized carbons (Fsp3) is 0.250. The van der Waals surface area contributed by atoms with Crippen molar-refractivity contribution in [3.05, 3.63) is 83.4 Å². The third kappa shape index (κ3) is 3.38. The molecule has 1 spiro atoms. The number of likely N-dealkylation sites (tertiary alicyclic amines) is 1. The Morgan fingerprint density at radius 3 is 2.38 bits per heavy atom. The zero-order valence-corrected chi connectivity index (χ0v) is 20.0. The number of nitrogens with one attached hydrogen (secondary N) is 2. The number of amides is 3. The van der Waals surface area contributed by atoms with Gasteiger partial charge in [-0.1, -0.05) is 36.4 Å². The van der Waals surface area contributed by atoms with Crippen molar-refractivity contribution >= 4 is 23.4 Å². The van der Waals surface area contributed by atoms with Crippen molar-refractivity contribution in [1.82, 2.24) is 10.2 Å². The normalized spacial score (nSPS) is 25.9. The van der Waals surface area contributed by atoms with Gasteiger partial charge in [0.2, 0.25) is 17.7 Å². The molecule has 9 nitrogen and oxygen atoms in total. The average Bonchev–Trinajstić information content (AvgIpc) is 3.47. The number of aromatic hydroxyl groups is 2. The molecule has 0 unspecified atom stereocenters. The number of carbonyl (C=O) groups excluding carboxylic acids is 3. The van der Waals surface area contributed by atoms with E-state index in [1.807, 2.05) is 0 Å². The summed E-state index contributed by atoms with van der Waals surface area (Å²) in [5, 5.41) is 26.0. The Balaban J connectivity index is 1.41. The highest BCUT2D eigenvalue weighted by Crippen LogP contribution is 2.53. The molecular weight excluding hydrogens is 474 g/mol. The van der Waals surface area contributed by atoms with Crippen LogP contribution in [0.1, 0.15) is 16.7 Å². The molecule has 0 saturated carbocycles. The molecule has 6 rings (SSSR count). The summed E-state index contributed by atoms with van der Waals surface area (Å²) in [6, 6.07) is 18.2. The lowest BCUT2D eigenvalue weighted by Crippen LogP contribution is -2.53.